The molecule has 0 saturated carbocycles. The summed E-state index contributed by atoms with van der Waals surface area (Å²) in [7, 11) is 0. The van der Waals surface area contributed by atoms with Crippen molar-refractivity contribution in [1.29, 1.82) is 0 Å². The summed E-state index contributed by atoms with van der Waals surface area (Å²) < 4.78 is 10.6. The first kappa shape index (κ1) is 22.7. The number of hydrogen-bond acceptors (Lipinski definition) is 7. The topological polar surface area (TPSA) is 123 Å². The van der Waals surface area contributed by atoms with E-state index in [1.54, 1.807) is 19.1 Å². The second kappa shape index (κ2) is 10.8. The molecule has 0 aliphatic heterocycles. The molecule has 1 atom stereocenters. The van der Waals surface area contributed by atoms with E-state index < -0.39 is 10.8 Å². The molecular weight excluding hydrogens is 390 g/mol. The summed E-state index contributed by atoms with van der Waals surface area (Å²) >= 11 is 0. The fraction of sp³-hybridized carbons (Fsp3) is 0.333. The Bertz CT molecular complexity index is 912. The van der Waals surface area contributed by atoms with E-state index in [9.17, 15) is 20.0 Å². The minimum absolute atomic E-state index is 0.0366. The van der Waals surface area contributed by atoms with Crippen molar-refractivity contribution in [3.05, 3.63) is 57.6 Å². The highest BCUT2D eigenvalue weighted by Gasteiger charge is 2.16. The highest BCUT2D eigenvalue weighted by Crippen LogP contribution is 2.33. The molecule has 0 aliphatic rings. The lowest BCUT2D eigenvalue weighted by molar-refractivity contribution is -0.385. The van der Waals surface area contributed by atoms with Gasteiger partial charge in [-0.25, -0.2) is 5.43 Å². The molecule has 1 unspecified atom stereocenters. The molecule has 2 N–H and O–H groups in total. The van der Waals surface area contributed by atoms with Gasteiger partial charge in [0.1, 0.15) is 5.75 Å². The van der Waals surface area contributed by atoms with E-state index in [1.807, 2.05) is 12.1 Å². The maximum Gasteiger partial charge on any atom is 0.277 e. The average molecular weight is 415 g/mol. The first-order valence-electron chi connectivity index (χ1n) is 9.54. The highest BCUT2D eigenvalue weighted by atomic mass is 16.6. The monoisotopic (exact) mass is 415 g/mol. The van der Waals surface area contributed by atoms with Gasteiger partial charge in [-0.05, 0) is 37.0 Å². The molecule has 0 radical (unpaired) electrons. The Labute approximate surface area is 174 Å². The molecule has 2 rings (SSSR count). The molecule has 9 nitrogen and oxygen atoms in total. The Morgan fingerprint density at radius 2 is 1.97 bits per heavy atom. The van der Waals surface area contributed by atoms with E-state index in [4.69, 9.17) is 9.47 Å². The van der Waals surface area contributed by atoms with Crippen LogP contribution in [0.15, 0.2) is 41.5 Å². The number of nitrogens with zero attached hydrogens (tertiary/aromatic N) is 2. The first-order valence-corrected chi connectivity index (χ1v) is 9.54. The molecule has 30 heavy (non-hydrogen) atoms. The number of phenolic OH excluding ortho intramolecular Hbond substituents is 1. The van der Waals surface area contributed by atoms with Crippen LogP contribution in [0.2, 0.25) is 0 Å². The largest absolute Gasteiger partial charge is 0.504 e. The lowest BCUT2D eigenvalue weighted by Crippen LogP contribution is -2.24. The van der Waals surface area contributed by atoms with Gasteiger partial charge >= 0.3 is 0 Å². The van der Waals surface area contributed by atoms with E-state index in [2.05, 4.69) is 24.4 Å². The molecular formula is C21H25N3O6. The first-order chi connectivity index (χ1) is 14.3. The minimum Gasteiger partial charge on any atom is -0.504 e. The lowest BCUT2D eigenvalue weighted by Gasteiger charge is -2.10. The number of non-ortho nitro benzene ring substituents is 1. The Balaban J connectivity index is 1.96. The lowest BCUT2D eigenvalue weighted by atomic mass is 9.99. The SMILES string of the molecule is CCOc1cc([N+](=O)[O-])cc(/C=N/NC(=O)COc2ccc(C(C)CC)cc2)c1O. The third-order valence-electron chi connectivity index (χ3n) is 4.42. The zero-order valence-corrected chi connectivity index (χ0v) is 17.1. The van der Waals surface area contributed by atoms with Gasteiger partial charge in [0.2, 0.25) is 0 Å². The number of benzene rings is 2. The van der Waals surface area contributed by atoms with Gasteiger partial charge in [-0.2, -0.15) is 5.10 Å². The third-order valence-corrected chi connectivity index (χ3v) is 4.42. The summed E-state index contributed by atoms with van der Waals surface area (Å²) in [5.74, 6) is 0.137. The molecule has 9 heteroatoms. The number of carbonyl (C=O) groups excluding carboxylic acids is 1. The summed E-state index contributed by atoms with van der Waals surface area (Å²) in [6, 6.07) is 9.77. The van der Waals surface area contributed by atoms with Crippen LogP contribution in [0, 0.1) is 10.1 Å². The van der Waals surface area contributed by atoms with Crippen LogP contribution in [-0.4, -0.2) is 35.4 Å². The number of phenols is 1. The Morgan fingerprint density at radius 1 is 1.27 bits per heavy atom. The zero-order valence-electron chi connectivity index (χ0n) is 17.1. The minimum atomic E-state index is -0.613. The van der Waals surface area contributed by atoms with Gasteiger partial charge in [0.15, 0.2) is 18.1 Å². The Hall–Kier alpha value is -3.62. The quantitative estimate of drug-likeness (QED) is 0.346. The molecule has 2 aromatic carbocycles. The Morgan fingerprint density at radius 3 is 2.57 bits per heavy atom. The molecule has 160 valence electrons. The maximum atomic E-state index is 11.9. The number of aromatic hydroxyl groups is 1. The standard InChI is InChI=1S/C21H25N3O6/c1-4-14(3)15-6-8-18(9-7-15)30-13-20(25)23-22-12-16-10-17(24(27)28)11-19(21(16)26)29-5-2/h6-12,14,26H,4-5,13H2,1-3H3,(H,23,25)/b22-12+. The van der Waals surface area contributed by atoms with Crippen LogP contribution < -0.4 is 14.9 Å². The molecule has 0 fully saturated rings. The van der Waals surface area contributed by atoms with Gasteiger partial charge in [-0.3, -0.25) is 14.9 Å². The van der Waals surface area contributed by atoms with Gasteiger partial charge in [0.05, 0.1) is 23.8 Å². The van der Waals surface area contributed by atoms with Gasteiger partial charge in [0, 0.05) is 11.6 Å². The molecule has 0 aromatic heterocycles. The summed E-state index contributed by atoms with van der Waals surface area (Å²) in [6.45, 7) is 5.90. The van der Waals surface area contributed by atoms with Gasteiger partial charge in [-0.15, -0.1) is 0 Å². The Kier molecular flexibility index (Phi) is 8.16. The van der Waals surface area contributed by atoms with E-state index in [1.165, 1.54) is 5.56 Å². The molecule has 2 aromatic rings. The number of amides is 1. The summed E-state index contributed by atoms with van der Waals surface area (Å²) in [5, 5.41) is 24.9. The number of nitrogens with one attached hydrogen (secondary N) is 1. The van der Waals surface area contributed by atoms with E-state index in [0.29, 0.717) is 11.7 Å². The highest BCUT2D eigenvalue weighted by molar-refractivity contribution is 5.87. The second-order valence-corrected chi connectivity index (χ2v) is 6.53. The predicted molar refractivity (Wildman–Crippen MR) is 112 cm³/mol. The molecule has 0 spiro atoms. The van der Waals surface area contributed by atoms with Crippen LogP contribution in [0.1, 0.15) is 44.2 Å². The van der Waals surface area contributed by atoms with E-state index in [0.717, 1.165) is 24.8 Å². The van der Waals surface area contributed by atoms with Crippen LogP contribution >= 0.6 is 0 Å². The molecule has 0 aliphatic carbocycles. The van der Waals surface area contributed by atoms with Crippen molar-refractivity contribution < 1.29 is 24.3 Å². The van der Waals surface area contributed by atoms with Crippen LogP contribution in [0.3, 0.4) is 0 Å². The predicted octanol–water partition coefficient (Wildman–Crippen LogP) is 3.74. The van der Waals surface area contributed by atoms with Gasteiger partial charge in [0.25, 0.3) is 11.6 Å². The number of rotatable bonds is 10. The fourth-order valence-electron chi connectivity index (χ4n) is 2.57. The van der Waals surface area contributed by atoms with Crippen molar-refractivity contribution >= 4 is 17.8 Å². The zero-order chi connectivity index (χ0) is 22.1. The summed E-state index contributed by atoms with van der Waals surface area (Å²) in [5.41, 5.74) is 3.21. The number of nitro benzene ring substituents is 1. The van der Waals surface area contributed by atoms with E-state index in [-0.39, 0.29) is 36.0 Å². The number of hydrogen-bond donors (Lipinski definition) is 2. The van der Waals surface area contributed by atoms with Crippen LogP contribution in [0.5, 0.6) is 17.2 Å². The number of nitro groups is 1. The van der Waals surface area contributed by atoms with Gasteiger partial charge in [-0.1, -0.05) is 26.0 Å². The summed E-state index contributed by atoms with van der Waals surface area (Å²) in [6.07, 6.45) is 2.14. The van der Waals surface area contributed by atoms with Crippen LogP contribution in [0.4, 0.5) is 5.69 Å². The van der Waals surface area contributed by atoms with Crippen LogP contribution in [-0.2, 0) is 4.79 Å². The smallest absolute Gasteiger partial charge is 0.277 e. The average Bonchev–Trinajstić information content (AvgIpc) is 2.74. The van der Waals surface area contributed by atoms with Crippen molar-refractivity contribution in [2.24, 2.45) is 5.10 Å². The van der Waals surface area contributed by atoms with Gasteiger partial charge < -0.3 is 14.6 Å². The number of hydrazone groups is 1. The fourth-order valence-corrected chi connectivity index (χ4v) is 2.57. The molecule has 0 heterocycles. The van der Waals surface area contributed by atoms with Crippen molar-refractivity contribution in [3.63, 3.8) is 0 Å². The van der Waals surface area contributed by atoms with Crippen molar-refractivity contribution in [3.8, 4) is 17.2 Å². The number of ether oxygens (including phenoxy) is 2. The van der Waals surface area contributed by atoms with E-state index >= 15 is 0 Å². The van der Waals surface area contributed by atoms with Crippen molar-refractivity contribution in [2.75, 3.05) is 13.2 Å². The third kappa shape index (κ3) is 6.20. The molecule has 1 amide bonds. The van der Waals surface area contributed by atoms with Crippen molar-refractivity contribution in [2.45, 2.75) is 33.1 Å². The molecule has 0 saturated heterocycles. The maximum absolute atomic E-state index is 11.9. The van der Waals surface area contributed by atoms with Crippen molar-refractivity contribution in [1.82, 2.24) is 5.43 Å². The normalized spacial score (nSPS) is 11.8. The van der Waals surface area contributed by atoms with Crippen LogP contribution in [0.25, 0.3) is 0 Å². The molecule has 0 bridgehead atoms. The second-order valence-electron chi connectivity index (χ2n) is 6.53. The summed E-state index contributed by atoms with van der Waals surface area (Å²) in [4.78, 5) is 22.3. The number of carbonyl (C=O) groups is 1.